The minimum atomic E-state index is -1.62. The number of aliphatic hydroxyl groups excluding tert-OH is 1. The van der Waals surface area contributed by atoms with Gasteiger partial charge in [-0.25, -0.2) is 0 Å². The predicted octanol–water partition coefficient (Wildman–Crippen LogP) is -2.20. The molecule has 0 fully saturated rings. The molecule has 18 nitrogen and oxygen atoms in total. The molecule has 0 saturated heterocycles. The molecule has 7 amide bonds. The van der Waals surface area contributed by atoms with Gasteiger partial charge in [-0.05, 0) is 36.0 Å². The van der Waals surface area contributed by atoms with Crippen molar-refractivity contribution >= 4 is 47.3 Å². The second-order valence-corrected chi connectivity index (χ2v) is 12.9. The topological polar surface area (TPSA) is 301 Å². The Morgan fingerprint density at radius 2 is 1.28 bits per heavy atom. The van der Waals surface area contributed by atoms with Gasteiger partial charge in [0.15, 0.2) is 0 Å². The number of hydrogen-bond acceptors (Lipinski definition) is 10. The first-order valence-corrected chi connectivity index (χ1v) is 17.3. The summed E-state index contributed by atoms with van der Waals surface area (Å²) in [6.45, 7) is 4.31. The number of carbonyl (C=O) groups is 8. The van der Waals surface area contributed by atoms with Gasteiger partial charge in [-0.3, -0.25) is 38.4 Å². The van der Waals surface area contributed by atoms with E-state index in [0.717, 1.165) is 11.1 Å². The SMILES string of the molecule is CC(NC(=O)C(CC(N)=O)NC(=O)C(Cc1ccc(-c2ccccc2)cc1)NC(=O)C(N)CC(=O)O)C(=O)NC(C(=O)NCC(=O)NCCCO)C(C)C. The van der Waals surface area contributed by atoms with Crippen LogP contribution in [-0.2, 0) is 44.8 Å². The third-order valence-corrected chi connectivity index (χ3v) is 7.98. The van der Waals surface area contributed by atoms with Crippen LogP contribution >= 0.6 is 0 Å². The van der Waals surface area contributed by atoms with Crippen LogP contribution in [-0.4, -0.2) is 107 Å². The first-order valence-electron chi connectivity index (χ1n) is 17.3. The van der Waals surface area contributed by atoms with Crippen molar-refractivity contribution in [2.75, 3.05) is 19.7 Å². The van der Waals surface area contributed by atoms with E-state index in [2.05, 4.69) is 31.9 Å². The van der Waals surface area contributed by atoms with Crippen LogP contribution in [0.15, 0.2) is 54.6 Å². The fraction of sp³-hybridized carbons (Fsp3) is 0.444. The number of rotatable bonds is 22. The Hall–Kier alpha value is -5.88. The summed E-state index contributed by atoms with van der Waals surface area (Å²) in [7, 11) is 0. The number of carbonyl (C=O) groups excluding carboxylic acids is 7. The highest BCUT2D eigenvalue weighted by Gasteiger charge is 2.32. The Morgan fingerprint density at radius 1 is 0.685 bits per heavy atom. The number of hydrogen-bond donors (Lipinski definition) is 10. The molecule has 54 heavy (non-hydrogen) atoms. The van der Waals surface area contributed by atoms with Gasteiger partial charge in [0.05, 0.1) is 25.4 Å². The van der Waals surface area contributed by atoms with Gasteiger partial charge >= 0.3 is 5.97 Å². The monoisotopic (exact) mass is 754 g/mol. The molecule has 5 atom stereocenters. The number of carboxylic acids is 1. The summed E-state index contributed by atoms with van der Waals surface area (Å²) < 4.78 is 0. The molecule has 0 aliphatic heterocycles. The van der Waals surface area contributed by atoms with Crippen molar-refractivity contribution in [2.45, 2.75) is 76.7 Å². The van der Waals surface area contributed by atoms with E-state index in [1.165, 1.54) is 6.92 Å². The summed E-state index contributed by atoms with van der Waals surface area (Å²) in [5, 5.41) is 32.6. The first kappa shape index (κ1) is 44.3. The molecule has 0 saturated carbocycles. The Morgan fingerprint density at radius 3 is 1.85 bits per heavy atom. The highest BCUT2D eigenvalue weighted by Crippen LogP contribution is 2.20. The quantitative estimate of drug-likeness (QED) is 0.0576. The highest BCUT2D eigenvalue weighted by atomic mass is 16.4. The molecule has 2 rings (SSSR count). The number of aliphatic hydroxyl groups is 1. The Bertz CT molecular complexity index is 1620. The molecule has 18 heteroatoms. The Labute approximate surface area is 312 Å². The van der Waals surface area contributed by atoms with Crippen molar-refractivity contribution in [1.29, 1.82) is 0 Å². The van der Waals surface area contributed by atoms with Crippen LogP contribution in [0.3, 0.4) is 0 Å². The number of benzene rings is 2. The summed E-state index contributed by atoms with van der Waals surface area (Å²) in [5.74, 6) is -7.62. The molecule has 0 bridgehead atoms. The van der Waals surface area contributed by atoms with Gasteiger partial charge in [-0.2, -0.15) is 0 Å². The molecule has 5 unspecified atom stereocenters. The van der Waals surface area contributed by atoms with Crippen molar-refractivity contribution < 1.29 is 48.6 Å². The number of amides is 7. The van der Waals surface area contributed by atoms with Gasteiger partial charge in [-0.15, -0.1) is 0 Å². The lowest BCUT2D eigenvalue weighted by Gasteiger charge is -2.26. The summed E-state index contributed by atoms with van der Waals surface area (Å²) in [6.07, 6.45) is -1.21. The molecule has 2 aromatic rings. The van der Waals surface area contributed by atoms with Crippen molar-refractivity contribution in [2.24, 2.45) is 17.4 Å². The molecule has 294 valence electrons. The molecular weight excluding hydrogens is 704 g/mol. The van der Waals surface area contributed by atoms with Gasteiger partial charge in [0.25, 0.3) is 0 Å². The van der Waals surface area contributed by atoms with E-state index < -0.39 is 96.3 Å². The number of nitrogens with one attached hydrogen (secondary N) is 6. The second kappa shape index (κ2) is 22.2. The average Bonchev–Trinajstić information content (AvgIpc) is 3.12. The van der Waals surface area contributed by atoms with E-state index in [0.29, 0.717) is 12.0 Å². The predicted molar refractivity (Wildman–Crippen MR) is 196 cm³/mol. The van der Waals surface area contributed by atoms with E-state index in [1.54, 1.807) is 38.1 Å². The van der Waals surface area contributed by atoms with Gasteiger partial charge in [-0.1, -0.05) is 68.4 Å². The summed E-state index contributed by atoms with van der Waals surface area (Å²) >= 11 is 0. The van der Waals surface area contributed by atoms with E-state index in [1.807, 2.05) is 30.3 Å². The minimum Gasteiger partial charge on any atom is -0.481 e. The van der Waals surface area contributed by atoms with Crippen molar-refractivity contribution in [1.82, 2.24) is 31.9 Å². The number of aliphatic carboxylic acids is 1. The molecule has 0 aliphatic rings. The van der Waals surface area contributed by atoms with Crippen LogP contribution in [0.25, 0.3) is 11.1 Å². The average molecular weight is 755 g/mol. The Balaban J connectivity index is 2.19. The lowest BCUT2D eigenvalue weighted by molar-refractivity contribution is -0.140. The molecule has 0 radical (unpaired) electrons. The maximum absolute atomic E-state index is 13.6. The second-order valence-electron chi connectivity index (χ2n) is 12.9. The third-order valence-electron chi connectivity index (χ3n) is 7.98. The van der Waals surface area contributed by atoms with E-state index in [4.69, 9.17) is 21.7 Å². The summed E-state index contributed by atoms with van der Waals surface area (Å²) in [5.41, 5.74) is 13.5. The van der Waals surface area contributed by atoms with Gasteiger partial charge in [0, 0.05) is 19.6 Å². The zero-order valence-corrected chi connectivity index (χ0v) is 30.4. The molecule has 12 N–H and O–H groups in total. The number of carboxylic acid groups (broad SMARTS) is 1. The number of primary amides is 1. The van der Waals surface area contributed by atoms with Gasteiger partial charge < -0.3 is 53.6 Å². The van der Waals surface area contributed by atoms with Crippen molar-refractivity contribution in [3.8, 4) is 11.1 Å². The summed E-state index contributed by atoms with van der Waals surface area (Å²) in [6, 6.07) is 9.57. The smallest absolute Gasteiger partial charge is 0.305 e. The maximum atomic E-state index is 13.6. The third kappa shape index (κ3) is 15.4. The first-order chi connectivity index (χ1) is 25.5. The standard InChI is InChI=1S/C36H50N8O10/c1-20(2)31(36(54)40-19-29(47)39-14-7-15-45)44-32(50)21(3)41-34(52)27(18-28(38)46)43-35(53)26(42-33(51)25(37)17-30(48)49)16-22-10-12-24(13-11-22)23-8-5-4-6-9-23/h4-6,8-13,20-21,25-27,31,45H,7,14-19,37H2,1-3H3,(H2,38,46)(H,39,47)(H,40,54)(H,41,52)(H,42,51)(H,43,53)(H,44,50)(H,48,49). The van der Waals surface area contributed by atoms with Crippen LogP contribution in [0.2, 0.25) is 0 Å². The number of nitrogens with two attached hydrogens (primary N) is 2. The zero-order chi connectivity index (χ0) is 40.4. The molecule has 0 aliphatic carbocycles. The van der Waals surface area contributed by atoms with Crippen LogP contribution in [0.1, 0.15) is 45.6 Å². The van der Waals surface area contributed by atoms with Crippen LogP contribution < -0.4 is 43.4 Å². The summed E-state index contributed by atoms with van der Waals surface area (Å²) in [4.78, 5) is 101. The highest BCUT2D eigenvalue weighted by molar-refractivity contribution is 5.98. The van der Waals surface area contributed by atoms with Crippen molar-refractivity contribution in [3.63, 3.8) is 0 Å². The lowest BCUT2D eigenvalue weighted by Crippen LogP contribution is -2.59. The fourth-order valence-corrected chi connectivity index (χ4v) is 4.99. The molecule has 0 heterocycles. The van der Waals surface area contributed by atoms with Gasteiger partial charge in [0.2, 0.25) is 41.4 Å². The fourth-order valence-electron chi connectivity index (χ4n) is 4.99. The van der Waals surface area contributed by atoms with Crippen LogP contribution in [0.5, 0.6) is 0 Å². The van der Waals surface area contributed by atoms with Crippen LogP contribution in [0.4, 0.5) is 0 Å². The van der Waals surface area contributed by atoms with Crippen molar-refractivity contribution in [3.05, 3.63) is 60.2 Å². The molecular formula is C36H50N8O10. The molecule has 0 aromatic heterocycles. The zero-order valence-electron chi connectivity index (χ0n) is 30.4. The van der Waals surface area contributed by atoms with E-state index in [9.17, 15) is 38.4 Å². The van der Waals surface area contributed by atoms with E-state index >= 15 is 0 Å². The lowest BCUT2D eigenvalue weighted by atomic mass is 9.99. The normalized spacial score (nSPS) is 13.6. The molecule has 2 aromatic carbocycles. The van der Waals surface area contributed by atoms with Crippen LogP contribution in [0, 0.1) is 5.92 Å². The van der Waals surface area contributed by atoms with E-state index in [-0.39, 0.29) is 26.1 Å². The largest absolute Gasteiger partial charge is 0.481 e. The maximum Gasteiger partial charge on any atom is 0.305 e. The van der Waals surface area contributed by atoms with Gasteiger partial charge in [0.1, 0.15) is 24.2 Å². The Kier molecular flexibility index (Phi) is 18.2. The molecule has 0 spiro atoms. The minimum absolute atomic E-state index is 0.118.